The lowest BCUT2D eigenvalue weighted by atomic mass is 10.0. The molecule has 0 saturated carbocycles. The predicted octanol–water partition coefficient (Wildman–Crippen LogP) is 2.73. The smallest absolute Gasteiger partial charge is 0.270 e. The molecule has 7 heteroatoms. The maximum Gasteiger partial charge on any atom is 0.270 e. The number of nitrogens with zero attached hydrogens (tertiary/aromatic N) is 2. The summed E-state index contributed by atoms with van der Waals surface area (Å²) in [5.41, 5.74) is 2.64. The van der Waals surface area contributed by atoms with E-state index < -0.39 is 10.0 Å². The van der Waals surface area contributed by atoms with Gasteiger partial charge in [0.15, 0.2) is 0 Å². The van der Waals surface area contributed by atoms with Gasteiger partial charge in [0.05, 0.1) is 0 Å². The minimum absolute atomic E-state index is 0.126. The summed E-state index contributed by atoms with van der Waals surface area (Å²) in [6.07, 6.45) is 6.07. The lowest BCUT2D eigenvalue weighted by Crippen LogP contribution is -2.34. The van der Waals surface area contributed by atoms with E-state index in [1.54, 1.807) is 4.90 Å². The fourth-order valence-electron chi connectivity index (χ4n) is 3.67. The van der Waals surface area contributed by atoms with Crippen molar-refractivity contribution in [1.82, 2.24) is 14.2 Å². The quantitative estimate of drug-likeness (QED) is 0.879. The van der Waals surface area contributed by atoms with Gasteiger partial charge in [0, 0.05) is 32.4 Å². The molecule has 4 rings (SSSR count). The van der Waals surface area contributed by atoms with Crippen molar-refractivity contribution in [3.63, 3.8) is 0 Å². The van der Waals surface area contributed by atoms with Crippen LogP contribution in [0.2, 0.25) is 0 Å². The van der Waals surface area contributed by atoms with E-state index in [4.69, 9.17) is 0 Å². The highest BCUT2D eigenvalue weighted by Gasteiger charge is 2.29. The van der Waals surface area contributed by atoms with E-state index in [0.717, 1.165) is 31.5 Å². The second-order valence-electron chi connectivity index (χ2n) is 6.96. The van der Waals surface area contributed by atoms with Gasteiger partial charge in [0.25, 0.3) is 5.91 Å². The first-order chi connectivity index (χ1) is 13.1. The van der Waals surface area contributed by atoms with Crippen molar-refractivity contribution in [2.45, 2.75) is 24.2 Å². The highest BCUT2D eigenvalue weighted by Crippen LogP contribution is 2.26. The number of likely N-dealkylation sites (tertiary alicyclic amines) is 1. The summed E-state index contributed by atoms with van der Waals surface area (Å²) in [4.78, 5) is 17.2. The first kappa shape index (κ1) is 18.0. The summed E-state index contributed by atoms with van der Waals surface area (Å²) in [6.45, 7) is 2.25. The molecule has 1 aromatic carbocycles. The molecule has 2 aliphatic heterocycles. The van der Waals surface area contributed by atoms with Gasteiger partial charge < -0.3 is 9.88 Å². The van der Waals surface area contributed by atoms with Gasteiger partial charge in [-0.25, -0.2) is 8.42 Å². The van der Waals surface area contributed by atoms with E-state index in [-0.39, 0.29) is 10.8 Å². The molecule has 1 N–H and O–H groups in total. The monoisotopic (exact) mass is 385 g/mol. The number of nitrogens with one attached hydrogen (secondary N) is 1. The molecule has 142 valence electrons. The summed E-state index contributed by atoms with van der Waals surface area (Å²) in [5.74, 6) is -0.126. The van der Waals surface area contributed by atoms with Crippen molar-refractivity contribution in [2.75, 3.05) is 26.2 Å². The third-order valence-electron chi connectivity index (χ3n) is 5.23. The SMILES string of the molecule is O=C(c1cc(S(=O)(=O)N2CC=C(c3ccccc3)CC2)c[nH]1)N1CCCC1. The molecule has 27 heavy (non-hydrogen) atoms. The lowest BCUT2D eigenvalue weighted by Gasteiger charge is -2.25. The van der Waals surface area contributed by atoms with Gasteiger partial charge in [-0.2, -0.15) is 4.31 Å². The molecule has 1 saturated heterocycles. The van der Waals surface area contributed by atoms with Crippen LogP contribution in [0.1, 0.15) is 35.3 Å². The van der Waals surface area contributed by atoms with Gasteiger partial charge in [0.1, 0.15) is 10.6 Å². The van der Waals surface area contributed by atoms with Crippen molar-refractivity contribution in [1.29, 1.82) is 0 Å². The van der Waals surface area contributed by atoms with Crippen LogP contribution in [0.15, 0.2) is 53.6 Å². The molecule has 0 aliphatic carbocycles. The zero-order chi connectivity index (χ0) is 18.9. The van der Waals surface area contributed by atoms with E-state index >= 15 is 0 Å². The number of rotatable bonds is 4. The Balaban J connectivity index is 1.49. The largest absolute Gasteiger partial charge is 0.356 e. The van der Waals surface area contributed by atoms with Crippen LogP contribution in [-0.4, -0.2) is 54.7 Å². The van der Waals surface area contributed by atoms with Crippen LogP contribution in [0.4, 0.5) is 0 Å². The summed E-state index contributed by atoms with van der Waals surface area (Å²) >= 11 is 0. The number of benzene rings is 1. The van der Waals surface area contributed by atoms with Crippen LogP contribution in [0.3, 0.4) is 0 Å². The Morgan fingerprint density at radius 3 is 2.44 bits per heavy atom. The summed E-state index contributed by atoms with van der Waals surface area (Å²) in [6, 6.07) is 11.5. The third-order valence-corrected chi connectivity index (χ3v) is 7.08. The first-order valence-corrected chi connectivity index (χ1v) is 10.7. The number of hydrogen-bond acceptors (Lipinski definition) is 3. The average molecular weight is 385 g/mol. The lowest BCUT2D eigenvalue weighted by molar-refractivity contribution is 0.0787. The Morgan fingerprint density at radius 1 is 1.04 bits per heavy atom. The van der Waals surface area contributed by atoms with Crippen LogP contribution in [0.5, 0.6) is 0 Å². The normalized spacial score (nSPS) is 18.5. The van der Waals surface area contributed by atoms with Crippen molar-refractivity contribution >= 4 is 21.5 Å². The van der Waals surface area contributed by atoms with E-state index in [9.17, 15) is 13.2 Å². The van der Waals surface area contributed by atoms with Gasteiger partial charge in [-0.05, 0) is 36.5 Å². The Bertz CT molecular complexity index is 957. The molecular formula is C20H23N3O3S. The zero-order valence-electron chi connectivity index (χ0n) is 15.1. The van der Waals surface area contributed by atoms with Crippen LogP contribution in [-0.2, 0) is 10.0 Å². The van der Waals surface area contributed by atoms with Crippen LogP contribution >= 0.6 is 0 Å². The molecule has 2 aliphatic rings. The third kappa shape index (κ3) is 3.57. The van der Waals surface area contributed by atoms with Gasteiger partial charge >= 0.3 is 0 Å². The van der Waals surface area contributed by atoms with Gasteiger partial charge in [0.2, 0.25) is 10.0 Å². The summed E-state index contributed by atoms with van der Waals surface area (Å²) in [7, 11) is -3.62. The van der Waals surface area contributed by atoms with Crippen molar-refractivity contribution in [3.05, 3.63) is 59.9 Å². The number of carbonyl (C=O) groups excluding carboxylic acids is 1. The fraction of sp³-hybridized carbons (Fsp3) is 0.350. The molecule has 0 atom stereocenters. The number of hydrogen-bond donors (Lipinski definition) is 1. The van der Waals surface area contributed by atoms with E-state index in [1.807, 2.05) is 36.4 Å². The summed E-state index contributed by atoms with van der Waals surface area (Å²) in [5, 5.41) is 0. The second-order valence-corrected chi connectivity index (χ2v) is 8.89. The number of aromatic nitrogens is 1. The molecule has 1 aromatic heterocycles. The Labute approximate surface area is 159 Å². The number of aromatic amines is 1. The average Bonchev–Trinajstić information content (AvgIpc) is 3.41. The number of sulfonamides is 1. The molecule has 0 bridgehead atoms. The number of carbonyl (C=O) groups is 1. The maximum absolute atomic E-state index is 12.9. The maximum atomic E-state index is 12.9. The molecule has 1 amide bonds. The molecule has 3 heterocycles. The standard InChI is InChI=1S/C20H23N3O3S/c24-20(22-10-4-5-11-22)19-14-18(15-21-19)27(25,26)23-12-8-17(9-13-23)16-6-2-1-3-7-16/h1-3,6-8,14-15,21H,4-5,9-13H2. The topological polar surface area (TPSA) is 73.5 Å². The van der Waals surface area contributed by atoms with Crippen LogP contribution < -0.4 is 0 Å². The number of H-pyrrole nitrogens is 1. The molecule has 1 fully saturated rings. The van der Waals surface area contributed by atoms with Crippen LogP contribution in [0.25, 0.3) is 5.57 Å². The summed E-state index contributed by atoms with van der Waals surface area (Å²) < 4.78 is 27.3. The first-order valence-electron chi connectivity index (χ1n) is 9.28. The van der Waals surface area contributed by atoms with Crippen molar-refractivity contribution in [2.24, 2.45) is 0 Å². The Morgan fingerprint density at radius 2 is 1.78 bits per heavy atom. The van der Waals surface area contributed by atoms with Gasteiger partial charge in [-0.15, -0.1) is 0 Å². The minimum Gasteiger partial charge on any atom is -0.356 e. The fourth-order valence-corrected chi connectivity index (χ4v) is 5.04. The molecule has 2 aromatic rings. The van der Waals surface area contributed by atoms with E-state index in [0.29, 0.717) is 25.2 Å². The molecular weight excluding hydrogens is 362 g/mol. The second kappa shape index (κ2) is 7.32. The Kier molecular flexibility index (Phi) is 4.88. The van der Waals surface area contributed by atoms with Crippen molar-refractivity contribution in [3.8, 4) is 0 Å². The molecule has 0 unspecified atom stereocenters. The van der Waals surface area contributed by atoms with Crippen LogP contribution in [0, 0.1) is 0 Å². The predicted molar refractivity (Wildman–Crippen MR) is 104 cm³/mol. The van der Waals surface area contributed by atoms with Gasteiger partial charge in [-0.1, -0.05) is 36.4 Å². The van der Waals surface area contributed by atoms with E-state index in [1.165, 1.54) is 22.1 Å². The van der Waals surface area contributed by atoms with Gasteiger partial charge in [-0.3, -0.25) is 4.79 Å². The highest BCUT2D eigenvalue weighted by atomic mass is 32.2. The zero-order valence-corrected chi connectivity index (χ0v) is 15.9. The highest BCUT2D eigenvalue weighted by molar-refractivity contribution is 7.89. The minimum atomic E-state index is -3.62. The van der Waals surface area contributed by atoms with Crippen molar-refractivity contribution < 1.29 is 13.2 Å². The number of amides is 1. The molecule has 0 radical (unpaired) electrons. The molecule has 6 nitrogen and oxygen atoms in total. The van der Waals surface area contributed by atoms with E-state index in [2.05, 4.69) is 4.98 Å². The molecule has 0 spiro atoms. The Hall–Kier alpha value is -2.38.